The lowest BCUT2D eigenvalue weighted by Gasteiger charge is -2.21. The first-order valence-electron chi connectivity index (χ1n) is 8.10. The van der Waals surface area contributed by atoms with Crippen LogP contribution in [0.4, 0.5) is 0 Å². The highest BCUT2D eigenvalue weighted by molar-refractivity contribution is 5.52. The molecule has 22 heavy (non-hydrogen) atoms. The molecular weight excluding hydrogens is 278 g/mol. The third-order valence-corrected chi connectivity index (χ3v) is 4.59. The quantitative estimate of drug-likeness (QED) is 0.873. The number of hydrogen-bond acceptors (Lipinski definition) is 6. The second-order valence-corrected chi connectivity index (χ2v) is 6.10. The number of aryl methyl sites for hydroxylation is 1. The Labute approximate surface area is 130 Å². The van der Waals surface area contributed by atoms with Crippen molar-refractivity contribution in [1.29, 1.82) is 0 Å². The van der Waals surface area contributed by atoms with Gasteiger partial charge in [0.15, 0.2) is 0 Å². The first-order chi connectivity index (χ1) is 10.8. The summed E-state index contributed by atoms with van der Waals surface area (Å²) >= 11 is 0. The standard InChI is InChI=1S/C16H23N5O/c1-11-9-18-10-19-14(11)15-20-16(22-21-15)13(8-17)12-6-4-2-3-5-7-12/h9-10,12-13H,2-8,17H2,1H3. The number of nitrogens with zero attached hydrogens (tertiary/aromatic N) is 4. The average molecular weight is 301 g/mol. The Balaban J connectivity index is 1.83. The van der Waals surface area contributed by atoms with Gasteiger partial charge >= 0.3 is 0 Å². The predicted molar refractivity (Wildman–Crippen MR) is 83.0 cm³/mol. The van der Waals surface area contributed by atoms with Gasteiger partial charge in [-0.2, -0.15) is 4.98 Å². The van der Waals surface area contributed by atoms with Crippen molar-refractivity contribution in [2.45, 2.75) is 51.4 Å². The highest BCUT2D eigenvalue weighted by Gasteiger charge is 2.28. The van der Waals surface area contributed by atoms with Crippen LogP contribution in [-0.2, 0) is 0 Å². The molecule has 0 aliphatic heterocycles. The van der Waals surface area contributed by atoms with Crippen molar-refractivity contribution in [3.63, 3.8) is 0 Å². The molecule has 0 spiro atoms. The topological polar surface area (TPSA) is 90.7 Å². The molecule has 2 heterocycles. The monoisotopic (exact) mass is 301 g/mol. The van der Waals surface area contributed by atoms with E-state index in [1.165, 1.54) is 44.9 Å². The maximum Gasteiger partial charge on any atom is 0.231 e. The summed E-state index contributed by atoms with van der Waals surface area (Å²) in [5, 5.41) is 4.10. The van der Waals surface area contributed by atoms with Crippen LogP contribution in [0.5, 0.6) is 0 Å². The average Bonchev–Trinajstić information content (AvgIpc) is 2.85. The number of hydrogen-bond donors (Lipinski definition) is 1. The first kappa shape index (κ1) is 15.1. The Morgan fingerprint density at radius 1 is 1.27 bits per heavy atom. The van der Waals surface area contributed by atoms with Gasteiger partial charge in [-0.3, -0.25) is 0 Å². The second-order valence-electron chi connectivity index (χ2n) is 6.10. The SMILES string of the molecule is Cc1cncnc1-c1noc(C(CN)C2CCCCCC2)n1. The maximum absolute atomic E-state index is 6.01. The van der Waals surface area contributed by atoms with Crippen LogP contribution in [0.1, 0.15) is 55.9 Å². The van der Waals surface area contributed by atoms with Crippen LogP contribution in [0.15, 0.2) is 17.0 Å². The molecule has 118 valence electrons. The van der Waals surface area contributed by atoms with Gasteiger partial charge in [0.1, 0.15) is 12.0 Å². The zero-order chi connectivity index (χ0) is 15.4. The van der Waals surface area contributed by atoms with Crippen LogP contribution in [0.2, 0.25) is 0 Å². The Bertz CT molecular complexity index is 604. The largest absolute Gasteiger partial charge is 0.339 e. The normalized spacial score (nSPS) is 18.1. The van der Waals surface area contributed by atoms with Crippen LogP contribution in [0.3, 0.4) is 0 Å². The molecule has 2 N–H and O–H groups in total. The van der Waals surface area contributed by atoms with E-state index in [0.717, 1.165) is 11.3 Å². The molecule has 6 nitrogen and oxygen atoms in total. The molecule has 0 bridgehead atoms. The molecule has 3 rings (SSSR count). The predicted octanol–water partition coefficient (Wildman–Crippen LogP) is 2.85. The maximum atomic E-state index is 6.01. The summed E-state index contributed by atoms with van der Waals surface area (Å²) < 4.78 is 5.52. The van der Waals surface area contributed by atoms with E-state index in [0.29, 0.717) is 24.2 Å². The first-order valence-corrected chi connectivity index (χ1v) is 8.10. The summed E-state index contributed by atoms with van der Waals surface area (Å²) in [6, 6.07) is 0. The molecule has 1 aliphatic rings. The van der Waals surface area contributed by atoms with Gasteiger partial charge in [-0.25, -0.2) is 9.97 Å². The van der Waals surface area contributed by atoms with E-state index in [1.54, 1.807) is 6.20 Å². The summed E-state index contributed by atoms with van der Waals surface area (Å²) in [4.78, 5) is 12.8. The number of rotatable bonds is 4. The van der Waals surface area contributed by atoms with Crippen LogP contribution < -0.4 is 5.73 Å². The van der Waals surface area contributed by atoms with Crippen molar-refractivity contribution < 1.29 is 4.52 Å². The summed E-state index contributed by atoms with van der Waals surface area (Å²) in [7, 11) is 0. The van der Waals surface area contributed by atoms with Gasteiger partial charge in [0, 0.05) is 12.7 Å². The molecule has 1 unspecified atom stereocenters. The third kappa shape index (κ3) is 3.16. The molecule has 0 aromatic carbocycles. The van der Waals surface area contributed by atoms with Crippen LogP contribution in [0.25, 0.3) is 11.5 Å². The van der Waals surface area contributed by atoms with E-state index >= 15 is 0 Å². The van der Waals surface area contributed by atoms with Gasteiger partial charge in [-0.1, -0.05) is 30.8 Å². The lowest BCUT2D eigenvalue weighted by Crippen LogP contribution is -2.21. The Hall–Kier alpha value is -1.82. The van der Waals surface area contributed by atoms with Crippen molar-refractivity contribution in [2.75, 3.05) is 6.54 Å². The van der Waals surface area contributed by atoms with E-state index in [4.69, 9.17) is 10.3 Å². The highest BCUT2D eigenvalue weighted by Crippen LogP contribution is 2.34. The van der Waals surface area contributed by atoms with Crippen LogP contribution >= 0.6 is 0 Å². The van der Waals surface area contributed by atoms with Gasteiger partial charge in [0.2, 0.25) is 11.7 Å². The van der Waals surface area contributed by atoms with E-state index in [1.807, 2.05) is 6.92 Å². The molecule has 0 amide bonds. The van der Waals surface area contributed by atoms with E-state index < -0.39 is 0 Å². The highest BCUT2D eigenvalue weighted by atomic mass is 16.5. The summed E-state index contributed by atoms with van der Waals surface area (Å²) in [5.41, 5.74) is 7.67. The van der Waals surface area contributed by atoms with E-state index in [-0.39, 0.29) is 5.92 Å². The van der Waals surface area contributed by atoms with Crippen molar-refractivity contribution in [2.24, 2.45) is 11.7 Å². The Morgan fingerprint density at radius 3 is 2.73 bits per heavy atom. The number of nitrogens with two attached hydrogens (primary N) is 1. The van der Waals surface area contributed by atoms with Crippen LogP contribution in [0, 0.1) is 12.8 Å². The zero-order valence-corrected chi connectivity index (χ0v) is 13.0. The van der Waals surface area contributed by atoms with Crippen molar-refractivity contribution in [1.82, 2.24) is 20.1 Å². The molecule has 2 aromatic heterocycles. The molecule has 1 atom stereocenters. The lowest BCUT2D eigenvalue weighted by atomic mass is 9.86. The van der Waals surface area contributed by atoms with Crippen LogP contribution in [-0.4, -0.2) is 26.7 Å². The molecule has 0 saturated heterocycles. The Morgan fingerprint density at radius 2 is 2.05 bits per heavy atom. The van der Waals surface area contributed by atoms with Crippen molar-refractivity contribution in [3.05, 3.63) is 24.0 Å². The zero-order valence-electron chi connectivity index (χ0n) is 13.0. The van der Waals surface area contributed by atoms with Gasteiger partial charge in [-0.15, -0.1) is 0 Å². The summed E-state index contributed by atoms with van der Waals surface area (Å²) in [5.74, 6) is 1.89. The fourth-order valence-corrected chi connectivity index (χ4v) is 3.32. The third-order valence-electron chi connectivity index (χ3n) is 4.59. The van der Waals surface area contributed by atoms with Crippen molar-refractivity contribution in [3.8, 4) is 11.5 Å². The number of aromatic nitrogens is 4. The fourth-order valence-electron chi connectivity index (χ4n) is 3.32. The molecule has 1 saturated carbocycles. The fraction of sp³-hybridized carbons (Fsp3) is 0.625. The molecule has 1 aliphatic carbocycles. The Kier molecular flexibility index (Phi) is 4.77. The van der Waals surface area contributed by atoms with Gasteiger partial charge < -0.3 is 10.3 Å². The minimum Gasteiger partial charge on any atom is -0.339 e. The molecular formula is C16H23N5O. The smallest absolute Gasteiger partial charge is 0.231 e. The van der Waals surface area contributed by atoms with E-state index in [9.17, 15) is 0 Å². The molecule has 6 heteroatoms. The minimum absolute atomic E-state index is 0.154. The van der Waals surface area contributed by atoms with Crippen molar-refractivity contribution >= 4 is 0 Å². The van der Waals surface area contributed by atoms with Gasteiger partial charge in [0.25, 0.3) is 0 Å². The lowest BCUT2D eigenvalue weighted by molar-refractivity contribution is 0.288. The summed E-state index contributed by atoms with van der Waals surface area (Å²) in [6.45, 7) is 2.49. The molecule has 2 aromatic rings. The van der Waals surface area contributed by atoms with Gasteiger partial charge in [-0.05, 0) is 31.2 Å². The van der Waals surface area contributed by atoms with E-state index in [2.05, 4.69) is 20.1 Å². The molecule has 0 radical (unpaired) electrons. The second kappa shape index (κ2) is 6.96. The molecule has 1 fully saturated rings. The minimum atomic E-state index is 0.154. The summed E-state index contributed by atoms with van der Waals surface area (Å²) in [6.07, 6.45) is 10.8. The van der Waals surface area contributed by atoms with Gasteiger partial charge in [0.05, 0.1) is 5.92 Å².